The SMILES string of the molecule is COc1cc(CNC(=O)C2CC(=O)N(c3ccc(SC)cc3)C2)ccc1C. The molecule has 27 heavy (non-hydrogen) atoms. The molecule has 0 bridgehead atoms. The molecule has 2 amide bonds. The number of carbonyl (C=O) groups is 2. The minimum Gasteiger partial charge on any atom is -0.496 e. The second-order valence-electron chi connectivity index (χ2n) is 6.63. The molecular formula is C21H24N2O3S. The molecule has 142 valence electrons. The number of hydrogen-bond donors (Lipinski definition) is 1. The van der Waals surface area contributed by atoms with Crippen LogP contribution in [0.25, 0.3) is 0 Å². The molecule has 1 aliphatic rings. The number of thioether (sulfide) groups is 1. The highest BCUT2D eigenvalue weighted by Gasteiger charge is 2.34. The molecular weight excluding hydrogens is 360 g/mol. The quantitative estimate of drug-likeness (QED) is 0.776. The normalized spacial score (nSPS) is 16.5. The molecule has 0 saturated carbocycles. The van der Waals surface area contributed by atoms with Gasteiger partial charge in [-0.1, -0.05) is 12.1 Å². The molecule has 5 nitrogen and oxygen atoms in total. The lowest BCUT2D eigenvalue weighted by molar-refractivity contribution is -0.126. The number of anilines is 1. The molecule has 1 heterocycles. The summed E-state index contributed by atoms with van der Waals surface area (Å²) in [6, 6.07) is 13.7. The summed E-state index contributed by atoms with van der Waals surface area (Å²) in [5.41, 5.74) is 2.87. The Hall–Kier alpha value is -2.47. The lowest BCUT2D eigenvalue weighted by atomic mass is 10.1. The Morgan fingerprint density at radius 3 is 2.67 bits per heavy atom. The summed E-state index contributed by atoms with van der Waals surface area (Å²) >= 11 is 1.66. The molecule has 3 rings (SSSR count). The molecule has 1 aliphatic heterocycles. The molecule has 1 N–H and O–H groups in total. The van der Waals surface area contributed by atoms with Gasteiger partial charge in [0.1, 0.15) is 5.75 Å². The summed E-state index contributed by atoms with van der Waals surface area (Å²) in [7, 11) is 1.63. The lowest BCUT2D eigenvalue weighted by Gasteiger charge is -2.17. The van der Waals surface area contributed by atoms with E-state index in [1.54, 1.807) is 23.8 Å². The van der Waals surface area contributed by atoms with Crippen LogP contribution in [-0.2, 0) is 16.1 Å². The van der Waals surface area contributed by atoms with Gasteiger partial charge in [0.25, 0.3) is 0 Å². The second kappa shape index (κ2) is 8.48. The first kappa shape index (κ1) is 19.3. The van der Waals surface area contributed by atoms with E-state index < -0.39 is 0 Å². The van der Waals surface area contributed by atoms with Crippen LogP contribution in [0.2, 0.25) is 0 Å². The summed E-state index contributed by atoms with van der Waals surface area (Å²) in [5.74, 6) is 0.373. The van der Waals surface area contributed by atoms with Crippen molar-refractivity contribution in [2.24, 2.45) is 5.92 Å². The van der Waals surface area contributed by atoms with Gasteiger partial charge in [-0.25, -0.2) is 0 Å². The fourth-order valence-electron chi connectivity index (χ4n) is 3.20. The molecule has 2 aromatic rings. The highest BCUT2D eigenvalue weighted by atomic mass is 32.2. The van der Waals surface area contributed by atoms with Gasteiger partial charge in [-0.3, -0.25) is 9.59 Å². The maximum atomic E-state index is 12.5. The third-order valence-electron chi connectivity index (χ3n) is 4.82. The summed E-state index contributed by atoms with van der Waals surface area (Å²) in [5, 5.41) is 2.95. The van der Waals surface area contributed by atoms with Gasteiger partial charge in [0.2, 0.25) is 11.8 Å². The summed E-state index contributed by atoms with van der Waals surface area (Å²) in [6.45, 7) is 2.81. The highest BCUT2D eigenvalue weighted by Crippen LogP contribution is 2.27. The summed E-state index contributed by atoms with van der Waals surface area (Å²) in [4.78, 5) is 27.7. The van der Waals surface area contributed by atoms with Crippen molar-refractivity contribution >= 4 is 29.3 Å². The molecule has 0 spiro atoms. The molecule has 0 radical (unpaired) electrons. The topological polar surface area (TPSA) is 58.6 Å². The minimum absolute atomic E-state index is 0.0101. The average Bonchev–Trinajstić information content (AvgIpc) is 3.09. The van der Waals surface area contributed by atoms with Crippen LogP contribution in [0, 0.1) is 12.8 Å². The zero-order valence-electron chi connectivity index (χ0n) is 15.8. The molecule has 0 aliphatic carbocycles. The number of ether oxygens (including phenoxy) is 1. The number of nitrogens with one attached hydrogen (secondary N) is 1. The Labute approximate surface area is 164 Å². The van der Waals surface area contributed by atoms with Crippen LogP contribution in [-0.4, -0.2) is 31.7 Å². The molecule has 1 atom stereocenters. The van der Waals surface area contributed by atoms with Crippen LogP contribution in [0.15, 0.2) is 47.4 Å². The van der Waals surface area contributed by atoms with Crippen LogP contribution in [0.3, 0.4) is 0 Å². The fraction of sp³-hybridized carbons (Fsp3) is 0.333. The van der Waals surface area contributed by atoms with Crippen LogP contribution < -0.4 is 15.0 Å². The Kier molecular flexibility index (Phi) is 6.06. The van der Waals surface area contributed by atoms with E-state index in [1.165, 1.54) is 0 Å². The van der Waals surface area contributed by atoms with Gasteiger partial charge in [0.15, 0.2) is 0 Å². The number of nitrogens with zero attached hydrogens (tertiary/aromatic N) is 1. The Morgan fingerprint density at radius 1 is 1.26 bits per heavy atom. The van der Waals surface area contributed by atoms with E-state index in [2.05, 4.69) is 5.32 Å². The van der Waals surface area contributed by atoms with E-state index in [1.807, 2.05) is 55.6 Å². The van der Waals surface area contributed by atoms with Crippen molar-refractivity contribution in [3.8, 4) is 5.75 Å². The molecule has 1 saturated heterocycles. The first-order valence-corrected chi connectivity index (χ1v) is 10.1. The molecule has 0 aromatic heterocycles. The monoisotopic (exact) mass is 384 g/mol. The fourth-order valence-corrected chi connectivity index (χ4v) is 3.61. The standard InChI is InChI=1S/C21H24N2O3S/c1-14-4-5-15(10-19(14)26-2)12-22-21(25)16-11-20(24)23(13-16)17-6-8-18(27-3)9-7-17/h4-10,16H,11-13H2,1-3H3,(H,22,25). The molecule has 1 fully saturated rings. The van der Waals surface area contributed by atoms with Crippen molar-refractivity contribution in [2.45, 2.75) is 24.8 Å². The van der Waals surface area contributed by atoms with Crippen molar-refractivity contribution < 1.29 is 14.3 Å². The van der Waals surface area contributed by atoms with Crippen LogP contribution in [0.5, 0.6) is 5.75 Å². The molecule has 2 aromatic carbocycles. The van der Waals surface area contributed by atoms with Crippen LogP contribution in [0.4, 0.5) is 5.69 Å². The number of benzene rings is 2. The molecule has 1 unspecified atom stereocenters. The number of aryl methyl sites for hydroxylation is 1. The van der Waals surface area contributed by atoms with E-state index in [0.29, 0.717) is 13.1 Å². The third kappa shape index (κ3) is 4.45. The Bertz CT molecular complexity index is 836. The number of methoxy groups -OCH3 is 1. The summed E-state index contributed by atoms with van der Waals surface area (Å²) < 4.78 is 5.32. The van der Waals surface area contributed by atoms with Crippen molar-refractivity contribution in [3.05, 3.63) is 53.6 Å². The van der Waals surface area contributed by atoms with E-state index in [4.69, 9.17) is 4.74 Å². The Balaban J connectivity index is 1.60. The van der Waals surface area contributed by atoms with Gasteiger partial charge >= 0.3 is 0 Å². The number of hydrogen-bond acceptors (Lipinski definition) is 4. The average molecular weight is 385 g/mol. The van der Waals surface area contributed by atoms with Crippen molar-refractivity contribution in [1.29, 1.82) is 0 Å². The largest absolute Gasteiger partial charge is 0.496 e. The second-order valence-corrected chi connectivity index (χ2v) is 7.50. The highest BCUT2D eigenvalue weighted by molar-refractivity contribution is 7.98. The van der Waals surface area contributed by atoms with Crippen LogP contribution in [0.1, 0.15) is 17.5 Å². The maximum absolute atomic E-state index is 12.5. The number of carbonyl (C=O) groups excluding carboxylic acids is 2. The number of rotatable bonds is 6. The van der Waals surface area contributed by atoms with Crippen molar-refractivity contribution in [1.82, 2.24) is 5.32 Å². The van der Waals surface area contributed by atoms with Gasteiger partial charge in [-0.15, -0.1) is 11.8 Å². The maximum Gasteiger partial charge on any atom is 0.227 e. The van der Waals surface area contributed by atoms with Crippen molar-refractivity contribution in [3.63, 3.8) is 0 Å². The van der Waals surface area contributed by atoms with Gasteiger partial charge in [0.05, 0.1) is 13.0 Å². The predicted molar refractivity (Wildman–Crippen MR) is 108 cm³/mol. The zero-order chi connectivity index (χ0) is 19.4. The van der Waals surface area contributed by atoms with Gasteiger partial charge in [-0.2, -0.15) is 0 Å². The van der Waals surface area contributed by atoms with E-state index in [-0.39, 0.29) is 24.2 Å². The van der Waals surface area contributed by atoms with Crippen LogP contribution >= 0.6 is 11.8 Å². The van der Waals surface area contributed by atoms with E-state index in [0.717, 1.165) is 27.5 Å². The van der Waals surface area contributed by atoms with E-state index >= 15 is 0 Å². The van der Waals surface area contributed by atoms with E-state index in [9.17, 15) is 9.59 Å². The van der Waals surface area contributed by atoms with Crippen molar-refractivity contribution in [2.75, 3.05) is 24.8 Å². The van der Waals surface area contributed by atoms with Gasteiger partial charge < -0.3 is 15.0 Å². The Morgan fingerprint density at radius 2 is 2.00 bits per heavy atom. The minimum atomic E-state index is -0.329. The first-order chi connectivity index (χ1) is 13.0. The number of amides is 2. The summed E-state index contributed by atoms with van der Waals surface area (Å²) in [6.07, 6.45) is 2.26. The zero-order valence-corrected chi connectivity index (χ0v) is 16.6. The predicted octanol–water partition coefficient (Wildman–Crippen LogP) is 3.39. The molecule has 6 heteroatoms. The van der Waals surface area contributed by atoms with Gasteiger partial charge in [-0.05, 0) is 54.6 Å². The third-order valence-corrected chi connectivity index (χ3v) is 5.56. The smallest absolute Gasteiger partial charge is 0.227 e. The lowest BCUT2D eigenvalue weighted by Crippen LogP contribution is -2.32. The first-order valence-electron chi connectivity index (χ1n) is 8.87. The van der Waals surface area contributed by atoms with Gasteiger partial charge in [0, 0.05) is 30.1 Å².